The maximum absolute atomic E-state index is 5.82. The number of pyridine rings is 1. The van der Waals surface area contributed by atoms with Crippen molar-refractivity contribution in [3.8, 4) is 11.5 Å². The molecule has 0 radical (unpaired) electrons. The van der Waals surface area contributed by atoms with Crippen LogP contribution in [0.3, 0.4) is 0 Å². The van der Waals surface area contributed by atoms with Crippen LogP contribution in [-0.4, -0.2) is 27.7 Å². The molecule has 2 heterocycles. The van der Waals surface area contributed by atoms with Crippen molar-refractivity contribution >= 4 is 11.6 Å². The second-order valence-corrected chi connectivity index (χ2v) is 6.49. The first-order chi connectivity index (χ1) is 9.90. The number of hydrogen-bond acceptors (Lipinski definition) is 5. The smallest absolute Gasteiger partial charge is 0.228 e. The van der Waals surface area contributed by atoms with Crippen LogP contribution in [-0.2, 0) is 6.42 Å². The lowest BCUT2D eigenvalue weighted by molar-refractivity contribution is 0.247. The summed E-state index contributed by atoms with van der Waals surface area (Å²) in [4.78, 5) is 8.62. The van der Waals surface area contributed by atoms with Crippen molar-refractivity contribution in [2.24, 2.45) is 5.41 Å². The van der Waals surface area contributed by atoms with E-state index in [1.165, 1.54) is 0 Å². The van der Waals surface area contributed by atoms with Crippen LogP contribution < -0.4 is 5.32 Å². The van der Waals surface area contributed by atoms with Gasteiger partial charge in [0, 0.05) is 18.7 Å². The van der Waals surface area contributed by atoms with Gasteiger partial charge in [0.1, 0.15) is 5.69 Å². The van der Waals surface area contributed by atoms with Gasteiger partial charge >= 0.3 is 0 Å². The van der Waals surface area contributed by atoms with Gasteiger partial charge in [-0.2, -0.15) is 4.98 Å². The molecule has 2 aromatic rings. The fourth-order valence-corrected chi connectivity index (χ4v) is 2.17. The number of aromatic nitrogens is 3. The quantitative estimate of drug-likeness (QED) is 0.917. The lowest BCUT2D eigenvalue weighted by Gasteiger charge is -2.30. The monoisotopic (exact) mass is 308 g/mol. The second-order valence-electron chi connectivity index (χ2n) is 6.05. The average molecular weight is 309 g/mol. The standard InChI is InChI=1S/C15H21ClN4O/c1-5-17-12(15(2,3)4)8-13-19-14(20-21-13)11-7-6-10(16)9-18-11/h6-7,9,12,17H,5,8H2,1-4H3. The zero-order valence-corrected chi connectivity index (χ0v) is 13.6. The summed E-state index contributed by atoms with van der Waals surface area (Å²) < 4.78 is 5.35. The Hall–Kier alpha value is -1.46. The van der Waals surface area contributed by atoms with E-state index in [4.69, 9.17) is 16.1 Å². The molecule has 1 N–H and O–H groups in total. The lowest BCUT2D eigenvalue weighted by Crippen LogP contribution is -2.41. The fraction of sp³-hybridized carbons (Fsp3) is 0.533. The molecule has 1 unspecified atom stereocenters. The number of halogens is 1. The van der Waals surface area contributed by atoms with Gasteiger partial charge in [-0.3, -0.25) is 4.98 Å². The lowest BCUT2D eigenvalue weighted by atomic mass is 9.84. The summed E-state index contributed by atoms with van der Waals surface area (Å²) in [7, 11) is 0. The summed E-state index contributed by atoms with van der Waals surface area (Å²) in [5.41, 5.74) is 0.772. The molecule has 114 valence electrons. The van der Waals surface area contributed by atoms with Crippen LogP contribution in [0.5, 0.6) is 0 Å². The first-order valence-electron chi connectivity index (χ1n) is 7.08. The minimum Gasteiger partial charge on any atom is -0.339 e. The zero-order valence-electron chi connectivity index (χ0n) is 12.9. The van der Waals surface area contributed by atoms with E-state index in [1.54, 1.807) is 18.3 Å². The van der Waals surface area contributed by atoms with Crippen LogP contribution in [0.1, 0.15) is 33.6 Å². The molecule has 0 amide bonds. The molecule has 6 heteroatoms. The average Bonchev–Trinajstić information content (AvgIpc) is 2.87. The zero-order chi connectivity index (χ0) is 15.5. The van der Waals surface area contributed by atoms with Gasteiger partial charge in [0.05, 0.1) is 5.02 Å². The molecular formula is C15H21ClN4O. The molecule has 2 aromatic heterocycles. The van der Waals surface area contributed by atoms with E-state index in [2.05, 4.69) is 48.1 Å². The van der Waals surface area contributed by atoms with Crippen LogP contribution >= 0.6 is 11.6 Å². The van der Waals surface area contributed by atoms with E-state index in [1.807, 2.05) is 0 Å². The van der Waals surface area contributed by atoms with Crippen LogP contribution in [0.25, 0.3) is 11.5 Å². The molecule has 2 rings (SSSR count). The molecule has 0 aliphatic rings. The normalized spacial score (nSPS) is 13.4. The Balaban J connectivity index is 2.14. The maximum Gasteiger partial charge on any atom is 0.228 e. The SMILES string of the molecule is CCNC(Cc1nc(-c2ccc(Cl)cn2)no1)C(C)(C)C. The number of nitrogens with zero attached hydrogens (tertiary/aromatic N) is 3. The number of nitrogens with one attached hydrogen (secondary N) is 1. The Morgan fingerprint density at radius 2 is 2.10 bits per heavy atom. The highest BCUT2D eigenvalue weighted by molar-refractivity contribution is 6.30. The Labute approximate surface area is 130 Å². The van der Waals surface area contributed by atoms with Gasteiger partial charge in [0.2, 0.25) is 11.7 Å². The Morgan fingerprint density at radius 1 is 1.33 bits per heavy atom. The van der Waals surface area contributed by atoms with Crippen molar-refractivity contribution in [2.45, 2.75) is 40.2 Å². The highest BCUT2D eigenvalue weighted by atomic mass is 35.5. The maximum atomic E-state index is 5.82. The van der Waals surface area contributed by atoms with Gasteiger partial charge in [0.15, 0.2) is 0 Å². The molecule has 21 heavy (non-hydrogen) atoms. The van der Waals surface area contributed by atoms with Gasteiger partial charge in [-0.05, 0) is 24.1 Å². The van der Waals surface area contributed by atoms with Crippen molar-refractivity contribution in [3.63, 3.8) is 0 Å². The summed E-state index contributed by atoms with van der Waals surface area (Å²) in [6.45, 7) is 9.58. The molecule has 0 saturated heterocycles. The van der Waals surface area contributed by atoms with Crippen molar-refractivity contribution in [1.29, 1.82) is 0 Å². The molecule has 0 saturated carbocycles. The van der Waals surface area contributed by atoms with Crippen molar-refractivity contribution in [1.82, 2.24) is 20.4 Å². The summed E-state index contributed by atoms with van der Waals surface area (Å²) in [6.07, 6.45) is 2.27. The third kappa shape index (κ3) is 4.25. The van der Waals surface area contributed by atoms with Gasteiger partial charge in [-0.1, -0.05) is 44.5 Å². The van der Waals surface area contributed by atoms with Gasteiger partial charge in [-0.15, -0.1) is 0 Å². The van der Waals surface area contributed by atoms with Crippen molar-refractivity contribution < 1.29 is 4.52 Å². The summed E-state index contributed by atoms with van der Waals surface area (Å²) in [6, 6.07) is 3.81. The van der Waals surface area contributed by atoms with Crippen LogP contribution in [0, 0.1) is 5.41 Å². The first-order valence-corrected chi connectivity index (χ1v) is 7.46. The van der Waals surface area contributed by atoms with E-state index < -0.39 is 0 Å². The minimum absolute atomic E-state index is 0.114. The van der Waals surface area contributed by atoms with Crippen LogP contribution in [0.4, 0.5) is 0 Å². The molecule has 0 aliphatic heterocycles. The summed E-state index contributed by atoms with van der Waals surface area (Å²) in [5, 5.41) is 8.04. The van der Waals surface area contributed by atoms with Gasteiger partial charge < -0.3 is 9.84 Å². The van der Waals surface area contributed by atoms with E-state index in [0.29, 0.717) is 28.9 Å². The Bertz CT molecular complexity index is 574. The van der Waals surface area contributed by atoms with Crippen molar-refractivity contribution in [3.05, 3.63) is 29.2 Å². The predicted octanol–water partition coefficient (Wildman–Crippen LogP) is 3.35. The molecular weight excluding hydrogens is 288 g/mol. The summed E-state index contributed by atoms with van der Waals surface area (Å²) in [5.74, 6) is 1.11. The molecule has 0 bridgehead atoms. The van der Waals surface area contributed by atoms with Gasteiger partial charge in [-0.25, -0.2) is 0 Å². The topological polar surface area (TPSA) is 63.8 Å². The molecule has 0 fully saturated rings. The van der Waals surface area contributed by atoms with Crippen molar-refractivity contribution in [2.75, 3.05) is 6.54 Å². The highest BCUT2D eigenvalue weighted by Gasteiger charge is 2.26. The third-order valence-electron chi connectivity index (χ3n) is 3.30. The van der Waals surface area contributed by atoms with Crippen LogP contribution in [0.15, 0.2) is 22.9 Å². The molecule has 0 aromatic carbocycles. The Kier molecular flexibility index (Phi) is 4.96. The number of likely N-dealkylation sites (N-methyl/N-ethyl adjacent to an activating group) is 1. The molecule has 0 aliphatic carbocycles. The van der Waals surface area contributed by atoms with Gasteiger partial charge in [0.25, 0.3) is 0 Å². The van der Waals surface area contributed by atoms with Crippen LogP contribution in [0.2, 0.25) is 5.02 Å². The molecule has 5 nitrogen and oxygen atoms in total. The molecule has 0 spiro atoms. The number of rotatable bonds is 5. The second kappa shape index (κ2) is 6.54. The van der Waals surface area contributed by atoms with E-state index in [-0.39, 0.29) is 11.5 Å². The largest absolute Gasteiger partial charge is 0.339 e. The van der Waals surface area contributed by atoms with E-state index in [0.717, 1.165) is 6.54 Å². The van der Waals surface area contributed by atoms with E-state index in [9.17, 15) is 0 Å². The number of hydrogen-bond donors (Lipinski definition) is 1. The predicted molar refractivity (Wildman–Crippen MR) is 83.2 cm³/mol. The fourth-order valence-electron chi connectivity index (χ4n) is 2.06. The highest BCUT2D eigenvalue weighted by Crippen LogP contribution is 2.23. The minimum atomic E-state index is 0.114. The summed E-state index contributed by atoms with van der Waals surface area (Å²) >= 11 is 5.82. The van der Waals surface area contributed by atoms with E-state index >= 15 is 0 Å². The Morgan fingerprint density at radius 3 is 2.67 bits per heavy atom. The third-order valence-corrected chi connectivity index (χ3v) is 3.52. The first kappa shape index (κ1) is 15.9. The molecule has 1 atom stereocenters.